The second-order valence-corrected chi connectivity index (χ2v) is 11.8. The number of likely N-dealkylation sites (N-methyl/N-ethyl adjacent to an activating group) is 1. The lowest BCUT2D eigenvalue weighted by molar-refractivity contribution is -0.384. The summed E-state index contributed by atoms with van der Waals surface area (Å²) in [5.41, 5.74) is 4.13. The van der Waals surface area contributed by atoms with Crippen molar-refractivity contribution in [3.63, 3.8) is 0 Å². The first-order valence-electron chi connectivity index (χ1n) is 16.3. The first-order chi connectivity index (χ1) is 23.2. The van der Waals surface area contributed by atoms with E-state index in [-0.39, 0.29) is 42.6 Å². The molecule has 10 nitrogen and oxygen atoms in total. The van der Waals surface area contributed by atoms with Gasteiger partial charge >= 0.3 is 11.9 Å². The number of hydrogen-bond donors (Lipinski definition) is 1. The Kier molecular flexibility index (Phi) is 13.5. The van der Waals surface area contributed by atoms with Crippen molar-refractivity contribution in [2.45, 2.75) is 45.4 Å². The van der Waals surface area contributed by atoms with Gasteiger partial charge in [0.1, 0.15) is 13.2 Å². The molecule has 0 amide bonds. The molecular weight excluding hydrogens is 610 g/mol. The molecule has 3 aromatic rings. The van der Waals surface area contributed by atoms with Gasteiger partial charge in [-0.15, -0.1) is 0 Å². The Labute approximate surface area is 282 Å². The summed E-state index contributed by atoms with van der Waals surface area (Å²) in [6.45, 7) is 7.61. The first kappa shape index (κ1) is 36.0. The third-order valence-electron chi connectivity index (χ3n) is 8.33. The highest BCUT2D eigenvalue weighted by molar-refractivity contribution is 6.00. The fraction of sp³-hybridized carbons (Fsp3) is 0.368. The number of carbonyl (C=O) groups excluding carboxylic acids is 2. The average molecular weight is 656 g/mol. The van der Waals surface area contributed by atoms with Crippen molar-refractivity contribution >= 4 is 17.6 Å². The predicted molar refractivity (Wildman–Crippen MR) is 184 cm³/mol. The van der Waals surface area contributed by atoms with Crippen molar-refractivity contribution in [1.82, 2.24) is 10.2 Å². The topological polar surface area (TPSA) is 120 Å². The third kappa shape index (κ3) is 9.62. The summed E-state index contributed by atoms with van der Waals surface area (Å²) in [6, 6.07) is 26.8. The SMILES string of the molecule is CCCOCCOC(=O)C1=C(C)NC(C)=C(C(=O)OCCN(C)CCC(c2ccccc2)c2ccccc2)C1c1cccc([N+](=O)[O-])c1. The number of nitrogens with zero attached hydrogens (tertiary/aromatic N) is 2. The zero-order valence-corrected chi connectivity index (χ0v) is 28.1. The number of non-ortho nitro benzene ring substituents is 1. The van der Waals surface area contributed by atoms with Crippen LogP contribution in [0.4, 0.5) is 5.69 Å². The van der Waals surface area contributed by atoms with Gasteiger partial charge in [0.2, 0.25) is 0 Å². The van der Waals surface area contributed by atoms with Gasteiger partial charge in [-0.25, -0.2) is 9.59 Å². The summed E-state index contributed by atoms with van der Waals surface area (Å²) in [4.78, 5) is 40.5. The Bertz CT molecular complexity index is 1570. The molecule has 3 aromatic carbocycles. The van der Waals surface area contributed by atoms with E-state index in [4.69, 9.17) is 14.2 Å². The van der Waals surface area contributed by atoms with E-state index in [0.29, 0.717) is 30.1 Å². The van der Waals surface area contributed by atoms with Crippen molar-refractivity contribution in [3.05, 3.63) is 134 Å². The summed E-state index contributed by atoms with van der Waals surface area (Å²) in [6.07, 6.45) is 1.71. The molecule has 1 heterocycles. The van der Waals surface area contributed by atoms with E-state index in [1.165, 1.54) is 29.3 Å². The van der Waals surface area contributed by atoms with E-state index in [0.717, 1.165) is 19.4 Å². The number of ether oxygens (including phenoxy) is 3. The number of allylic oxidation sites excluding steroid dienone is 2. The molecular formula is C38H45N3O7. The molecule has 0 saturated carbocycles. The van der Waals surface area contributed by atoms with Crippen molar-refractivity contribution < 1.29 is 28.7 Å². The Hall–Kier alpha value is -4.80. The van der Waals surface area contributed by atoms with Gasteiger partial charge in [0.25, 0.3) is 5.69 Å². The standard InChI is InChI=1S/C38H45N3O7/c1-5-22-46-24-25-48-38(43)35-28(3)39-27(2)34(36(35)31-17-12-18-32(26-31)41(44)45)37(42)47-23-21-40(4)20-19-33(29-13-8-6-9-14-29)30-15-10-7-11-16-30/h6-18,26,33,36,39H,5,19-25H2,1-4H3. The molecule has 1 unspecified atom stereocenters. The third-order valence-corrected chi connectivity index (χ3v) is 8.33. The van der Waals surface area contributed by atoms with Crippen molar-refractivity contribution in [2.75, 3.05) is 46.6 Å². The predicted octanol–water partition coefficient (Wildman–Crippen LogP) is 6.50. The van der Waals surface area contributed by atoms with Crippen LogP contribution in [-0.2, 0) is 23.8 Å². The first-order valence-corrected chi connectivity index (χ1v) is 16.3. The van der Waals surface area contributed by atoms with E-state index in [1.54, 1.807) is 19.9 Å². The smallest absolute Gasteiger partial charge is 0.336 e. The highest BCUT2D eigenvalue weighted by Gasteiger charge is 2.38. The Morgan fingerprint density at radius 3 is 1.96 bits per heavy atom. The lowest BCUT2D eigenvalue weighted by Gasteiger charge is -2.30. The summed E-state index contributed by atoms with van der Waals surface area (Å²) >= 11 is 0. The molecule has 48 heavy (non-hydrogen) atoms. The van der Waals surface area contributed by atoms with E-state index in [1.807, 2.05) is 26.1 Å². The van der Waals surface area contributed by atoms with Crippen LogP contribution in [-0.4, -0.2) is 68.3 Å². The van der Waals surface area contributed by atoms with E-state index in [2.05, 4.69) is 58.7 Å². The molecule has 1 atom stereocenters. The van der Waals surface area contributed by atoms with Gasteiger partial charge in [0.05, 0.1) is 28.6 Å². The maximum Gasteiger partial charge on any atom is 0.336 e. The van der Waals surface area contributed by atoms with Crippen LogP contribution >= 0.6 is 0 Å². The lowest BCUT2D eigenvalue weighted by Crippen LogP contribution is -2.33. The van der Waals surface area contributed by atoms with E-state index < -0.39 is 22.8 Å². The highest BCUT2D eigenvalue weighted by atomic mass is 16.6. The van der Waals surface area contributed by atoms with Crippen LogP contribution in [0.3, 0.4) is 0 Å². The van der Waals surface area contributed by atoms with Crippen LogP contribution in [0.2, 0.25) is 0 Å². The van der Waals surface area contributed by atoms with Crippen LogP contribution < -0.4 is 5.32 Å². The molecule has 1 N–H and O–H groups in total. The Morgan fingerprint density at radius 1 is 0.812 bits per heavy atom. The minimum atomic E-state index is -0.932. The zero-order chi connectivity index (χ0) is 34.5. The summed E-state index contributed by atoms with van der Waals surface area (Å²) < 4.78 is 16.8. The zero-order valence-electron chi connectivity index (χ0n) is 28.1. The van der Waals surface area contributed by atoms with Crippen molar-refractivity contribution in [1.29, 1.82) is 0 Å². The largest absolute Gasteiger partial charge is 0.461 e. The second kappa shape index (κ2) is 17.9. The quantitative estimate of drug-likeness (QED) is 0.0752. The summed E-state index contributed by atoms with van der Waals surface area (Å²) in [5.74, 6) is -1.96. The molecule has 1 aliphatic heterocycles. The number of benzene rings is 3. The molecule has 0 spiro atoms. The van der Waals surface area contributed by atoms with Crippen molar-refractivity contribution in [3.8, 4) is 0 Å². The van der Waals surface area contributed by atoms with E-state index >= 15 is 0 Å². The van der Waals surface area contributed by atoms with Crippen LogP contribution in [0.25, 0.3) is 0 Å². The number of nitrogens with one attached hydrogen (secondary N) is 1. The van der Waals surface area contributed by atoms with Crippen LogP contribution in [0, 0.1) is 10.1 Å². The highest BCUT2D eigenvalue weighted by Crippen LogP contribution is 2.40. The van der Waals surface area contributed by atoms with Crippen LogP contribution in [0.5, 0.6) is 0 Å². The molecule has 0 radical (unpaired) electrons. The number of esters is 2. The number of rotatable bonds is 17. The minimum Gasteiger partial charge on any atom is -0.461 e. The lowest BCUT2D eigenvalue weighted by atomic mass is 9.80. The average Bonchev–Trinajstić information content (AvgIpc) is 3.08. The van der Waals surface area contributed by atoms with Crippen molar-refractivity contribution in [2.24, 2.45) is 0 Å². The number of hydrogen-bond acceptors (Lipinski definition) is 9. The van der Waals surface area contributed by atoms with Gasteiger partial charge in [0, 0.05) is 42.6 Å². The number of nitro benzene ring substituents is 1. The molecule has 254 valence electrons. The molecule has 0 fully saturated rings. The molecule has 4 rings (SSSR count). The molecule has 0 aliphatic carbocycles. The van der Waals surface area contributed by atoms with Gasteiger partial charge in [-0.2, -0.15) is 0 Å². The number of dihydropyridines is 1. The fourth-order valence-corrected chi connectivity index (χ4v) is 5.93. The maximum atomic E-state index is 13.8. The number of nitro groups is 1. The molecule has 0 saturated heterocycles. The van der Waals surface area contributed by atoms with Gasteiger partial charge in [-0.3, -0.25) is 10.1 Å². The van der Waals surface area contributed by atoms with Gasteiger partial charge < -0.3 is 24.4 Å². The summed E-state index contributed by atoms with van der Waals surface area (Å²) in [7, 11) is 1.99. The monoisotopic (exact) mass is 655 g/mol. The molecule has 1 aliphatic rings. The minimum absolute atomic E-state index is 0.0292. The molecule has 0 bridgehead atoms. The second-order valence-electron chi connectivity index (χ2n) is 11.8. The Balaban J connectivity index is 1.47. The van der Waals surface area contributed by atoms with Gasteiger partial charge in [-0.1, -0.05) is 79.7 Å². The van der Waals surface area contributed by atoms with Gasteiger partial charge in [0.15, 0.2) is 0 Å². The molecule has 0 aromatic heterocycles. The van der Waals surface area contributed by atoms with Crippen LogP contribution in [0.15, 0.2) is 107 Å². The van der Waals surface area contributed by atoms with Crippen LogP contribution in [0.1, 0.15) is 62.1 Å². The Morgan fingerprint density at radius 2 is 1.40 bits per heavy atom. The fourth-order valence-electron chi connectivity index (χ4n) is 5.93. The maximum absolute atomic E-state index is 13.8. The molecule has 10 heteroatoms. The summed E-state index contributed by atoms with van der Waals surface area (Å²) in [5, 5.41) is 14.8. The normalized spacial score (nSPS) is 14.7. The number of carbonyl (C=O) groups is 2. The van der Waals surface area contributed by atoms with E-state index in [9.17, 15) is 19.7 Å². The van der Waals surface area contributed by atoms with Gasteiger partial charge in [-0.05, 0) is 57.0 Å².